The number of anilines is 1. The van der Waals surface area contributed by atoms with Gasteiger partial charge in [0.1, 0.15) is 5.82 Å². The number of hydrogen-bond acceptors (Lipinski definition) is 4. The Morgan fingerprint density at radius 1 is 1.33 bits per heavy atom. The molecule has 0 fully saturated rings. The van der Waals surface area contributed by atoms with E-state index in [1.807, 2.05) is 13.0 Å². The number of hydrogen-bond donors (Lipinski definition) is 2. The first kappa shape index (κ1) is 13.0. The molecule has 0 saturated carbocycles. The zero-order valence-corrected chi connectivity index (χ0v) is 11.3. The van der Waals surface area contributed by atoms with Gasteiger partial charge in [-0.25, -0.2) is 0 Å². The molecule has 3 rings (SSSR count). The molecule has 21 heavy (non-hydrogen) atoms. The summed E-state index contributed by atoms with van der Waals surface area (Å²) in [5.41, 5.74) is 0.155. The molecule has 1 aromatic carbocycles. The smallest absolute Gasteiger partial charge is 0.256 e. The number of carbonyl (C=O) groups is 1. The van der Waals surface area contributed by atoms with Gasteiger partial charge in [0.25, 0.3) is 11.5 Å². The standard InChI is InChI=1S/C14H13N5O2/c1-2-10-15-14-17-12(20)8-11(19(14)18-10)16-13(21)9-6-4-3-5-7-9/h3-8H,2H2,1H3,(H,16,21)(H,15,17,18,20). The highest BCUT2D eigenvalue weighted by atomic mass is 16.2. The molecule has 0 saturated heterocycles. The Labute approximate surface area is 119 Å². The van der Waals surface area contributed by atoms with Gasteiger partial charge in [0.05, 0.1) is 0 Å². The Morgan fingerprint density at radius 3 is 2.81 bits per heavy atom. The minimum absolute atomic E-state index is 0.287. The summed E-state index contributed by atoms with van der Waals surface area (Å²) in [7, 11) is 0. The Kier molecular flexibility index (Phi) is 3.23. The molecule has 2 aromatic heterocycles. The third-order valence-corrected chi connectivity index (χ3v) is 2.98. The maximum Gasteiger partial charge on any atom is 0.256 e. The number of aromatic nitrogens is 4. The summed E-state index contributed by atoms with van der Waals surface area (Å²) in [5, 5.41) is 6.92. The lowest BCUT2D eigenvalue weighted by Gasteiger charge is -2.06. The molecule has 2 N–H and O–H groups in total. The lowest BCUT2D eigenvalue weighted by Crippen LogP contribution is -2.18. The number of H-pyrrole nitrogens is 1. The third kappa shape index (κ3) is 2.53. The molecule has 7 heteroatoms. The van der Waals surface area contributed by atoms with Gasteiger partial charge in [0.15, 0.2) is 5.82 Å². The van der Waals surface area contributed by atoms with Gasteiger partial charge in [0, 0.05) is 18.1 Å². The van der Waals surface area contributed by atoms with Crippen LogP contribution in [0, 0.1) is 0 Å². The number of rotatable bonds is 3. The maximum atomic E-state index is 12.2. The van der Waals surface area contributed by atoms with Gasteiger partial charge in [-0.15, -0.1) is 5.10 Å². The fraction of sp³-hybridized carbons (Fsp3) is 0.143. The first-order chi connectivity index (χ1) is 10.2. The minimum atomic E-state index is -0.346. The summed E-state index contributed by atoms with van der Waals surface area (Å²) in [4.78, 5) is 30.6. The number of aromatic amines is 1. The van der Waals surface area contributed by atoms with E-state index in [0.717, 1.165) is 0 Å². The number of fused-ring (bicyclic) bond motifs is 1. The Hall–Kier alpha value is -2.96. The van der Waals surface area contributed by atoms with E-state index in [2.05, 4.69) is 20.4 Å². The largest absolute Gasteiger partial charge is 0.306 e. The van der Waals surface area contributed by atoms with Crippen molar-refractivity contribution in [2.75, 3.05) is 5.32 Å². The predicted octanol–water partition coefficient (Wildman–Crippen LogP) is 1.23. The normalized spacial score (nSPS) is 10.7. The second-order valence-electron chi connectivity index (χ2n) is 4.46. The van der Waals surface area contributed by atoms with Crippen LogP contribution >= 0.6 is 0 Å². The van der Waals surface area contributed by atoms with Crippen LogP contribution in [0.5, 0.6) is 0 Å². The lowest BCUT2D eigenvalue weighted by atomic mass is 10.2. The van der Waals surface area contributed by atoms with E-state index in [9.17, 15) is 9.59 Å². The number of nitrogens with zero attached hydrogens (tertiary/aromatic N) is 3. The van der Waals surface area contributed by atoms with E-state index >= 15 is 0 Å². The summed E-state index contributed by atoms with van der Waals surface area (Å²) < 4.78 is 1.42. The van der Waals surface area contributed by atoms with E-state index in [1.165, 1.54) is 10.6 Å². The van der Waals surface area contributed by atoms with E-state index in [-0.39, 0.29) is 17.3 Å². The predicted molar refractivity (Wildman–Crippen MR) is 77.4 cm³/mol. The Morgan fingerprint density at radius 2 is 2.10 bits per heavy atom. The summed E-state index contributed by atoms with van der Waals surface area (Å²) in [6, 6.07) is 10.0. The highest BCUT2D eigenvalue weighted by molar-refractivity contribution is 6.03. The molecule has 0 aliphatic rings. The summed E-state index contributed by atoms with van der Waals surface area (Å²) in [6.07, 6.45) is 0.635. The van der Waals surface area contributed by atoms with Crippen LogP contribution in [-0.4, -0.2) is 25.5 Å². The quantitative estimate of drug-likeness (QED) is 0.756. The third-order valence-electron chi connectivity index (χ3n) is 2.98. The number of aryl methyl sites for hydroxylation is 1. The maximum absolute atomic E-state index is 12.2. The molecule has 0 radical (unpaired) electrons. The summed E-state index contributed by atoms with van der Waals surface area (Å²) >= 11 is 0. The van der Waals surface area contributed by atoms with Crippen molar-refractivity contribution in [3.05, 3.63) is 58.1 Å². The molecule has 0 aliphatic heterocycles. The molecule has 106 valence electrons. The van der Waals surface area contributed by atoms with Crippen LogP contribution in [-0.2, 0) is 6.42 Å². The second-order valence-corrected chi connectivity index (χ2v) is 4.46. The van der Waals surface area contributed by atoms with Crippen molar-refractivity contribution in [1.82, 2.24) is 19.6 Å². The molecular formula is C14H13N5O2. The van der Waals surface area contributed by atoms with Crippen molar-refractivity contribution in [3.63, 3.8) is 0 Å². The fourth-order valence-corrected chi connectivity index (χ4v) is 1.95. The second kappa shape index (κ2) is 5.20. The molecule has 3 aromatic rings. The van der Waals surface area contributed by atoms with E-state index < -0.39 is 0 Å². The van der Waals surface area contributed by atoms with Crippen molar-refractivity contribution >= 4 is 17.5 Å². The van der Waals surface area contributed by atoms with Gasteiger partial charge < -0.3 is 5.32 Å². The van der Waals surface area contributed by atoms with Gasteiger partial charge >= 0.3 is 0 Å². The topological polar surface area (TPSA) is 92.1 Å². The van der Waals surface area contributed by atoms with Crippen LogP contribution in [0.25, 0.3) is 5.78 Å². The number of amides is 1. The van der Waals surface area contributed by atoms with Crippen LogP contribution in [0.15, 0.2) is 41.2 Å². The first-order valence-electron chi connectivity index (χ1n) is 6.52. The molecule has 1 amide bonds. The molecular weight excluding hydrogens is 270 g/mol. The molecule has 0 aliphatic carbocycles. The van der Waals surface area contributed by atoms with Crippen molar-refractivity contribution < 1.29 is 4.79 Å². The van der Waals surface area contributed by atoms with Crippen LogP contribution in [0.2, 0.25) is 0 Å². The zero-order valence-electron chi connectivity index (χ0n) is 11.3. The molecule has 0 unspecified atom stereocenters. The van der Waals surface area contributed by atoms with Gasteiger partial charge in [-0.2, -0.15) is 9.50 Å². The molecule has 0 spiro atoms. The average molecular weight is 283 g/mol. The molecule has 2 heterocycles. The minimum Gasteiger partial charge on any atom is -0.306 e. The van der Waals surface area contributed by atoms with Crippen LogP contribution in [0.1, 0.15) is 23.1 Å². The van der Waals surface area contributed by atoms with Crippen LogP contribution in [0.3, 0.4) is 0 Å². The average Bonchev–Trinajstić information content (AvgIpc) is 2.91. The number of nitrogens with one attached hydrogen (secondary N) is 2. The van der Waals surface area contributed by atoms with Gasteiger partial charge in [-0.1, -0.05) is 25.1 Å². The van der Waals surface area contributed by atoms with Gasteiger partial charge in [-0.05, 0) is 12.1 Å². The van der Waals surface area contributed by atoms with E-state index in [4.69, 9.17) is 0 Å². The number of benzene rings is 1. The summed E-state index contributed by atoms with van der Waals surface area (Å²) in [6.45, 7) is 1.91. The Balaban J connectivity index is 2.02. The Bertz CT molecular complexity index is 851. The van der Waals surface area contributed by atoms with Gasteiger partial charge in [0.2, 0.25) is 5.78 Å². The van der Waals surface area contributed by atoms with Gasteiger partial charge in [-0.3, -0.25) is 14.6 Å². The van der Waals surface area contributed by atoms with Crippen molar-refractivity contribution in [2.45, 2.75) is 13.3 Å². The highest BCUT2D eigenvalue weighted by Gasteiger charge is 2.12. The molecule has 7 nitrogen and oxygen atoms in total. The van der Waals surface area contributed by atoms with E-state index in [0.29, 0.717) is 23.6 Å². The van der Waals surface area contributed by atoms with Crippen molar-refractivity contribution in [2.24, 2.45) is 0 Å². The molecule has 0 atom stereocenters. The lowest BCUT2D eigenvalue weighted by molar-refractivity contribution is 0.102. The van der Waals surface area contributed by atoms with Crippen LogP contribution in [0.4, 0.5) is 5.82 Å². The first-order valence-corrected chi connectivity index (χ1v) is 6.52. The SMILES string of the molecule is CCc1nc2[nH]c(=O)cc(NC(=O)c3ccccc3)n2n1. The molecule has 0 bridgehead atoms. The summed E-state index contributed by atoms with van der Waals surface area (Å²) in [5.74, 6) is 0.876. The van der Waals surface area contributed by atoms with E-state index in [1.54, 1.807) is 24.3 Å². The fourth-order valence-electron chi connectivity index (χ4n) is 1.95. The number of carbonyl (C=O) groups excluding carboxylic acids is 1. The highest BCUT2D eigenvalue weighted by Crippen LogP contribution is 2.09. The van der Waals surface area contributed by atoms with Crippen molar-refractivity contribution in [3.8, 4) is 0 Å². The zero-order chi connectivity index (χ0) is 14.8. The van der Waals surface area contributed by atoms with Crippen molar-refractivity contribution in [1.29, 1.82) is 0 Å². The monoisotopic (exact) mass is 283 g/mol. The van der Waals surface area contributed by atoms with Crippen LogP contribution < -0.4 is 10.9 Å².